The number of esters is 4. The zero-order valence-corrected chi connectivity index (χ0v) is 14.5. The highest BCUT2D eigenvalue weighted by Gasteiger charge is 2.37. The smallest absolute Gasteiger partial charge is 0.331 e. The molecule has 0 atom stereocenters. The van der Waals surface area contributed by atoms with Gasteiger partial charge >= 0.3 is 23.9 Å². The van der Waals surface area contributed by atoms with Crippen molar-refractivity contribution in [2.75, 3.05) is 26.4 Å². The van der Waals surface area contributed by atoms with Gasteiger partial charge < -0.3 is 18.9 Å². The van der Waals surface area contributed by atoms with Gasteiger partial charge in [-0.2, -0.15) is 5.26 Å². The molecule has 0 N–H and O–H groups in total. The van der Waals surface area contributed by atoms with Crippen LogP contribution in [-0.2, 0) is 38.1 Å². The van der Waals surface area contributed by atoms with Gasteiger partial charge in [-0.25, -0.2) is 19.2 Å². The Morgan fingerprint density at radius 1 is 0.741 bits per heavy atom. The monoisotopic (exact) mass is 377 g/mol. The summed E-state index contributed by atoms with van der Waals surface area (Å²) in [6.45, 7) is 8.00. The minimum absolute atomic E-state index is 0.429. The van der Waals surface area contributed by atoms with Crippen LogP contribution in [-0.4, -0.2) is 50.3 Å². The molecule has 144 valence electrons. The molecule has 0 aliphatic rings. The minimum atomic E-state index is -1.41. The van der Waals surface area contributed by atoms with E-state index in [4.69, 9.17) is 24.2 Å². The van der Waals surface area contributed by atoms with Gasteiger partial charge in [0.1, 0.15) is 31.8 Å². The van der Waals surface area contributed by atoms with Crippen LogP contribution < -0.4 is 0 Å². The van der Waals surface area contributed by atoms with Gasteiger partial charge in [-0.15, -0.1) is 0 Å². The van der Waals surface area contributed by atoms with Gasteiger partial charge in [-0.3, -0.25) is 0 Å². The molecule has 0 unspecified atom stereocenters. The topological polar surface area (TPSA) is 129 Å². The van der Waals surface area contributed by atoms with E-state index in [0.29, 0.717) is 0 Å². The Morgan fingerprint density at radius 3 is 1.37 bits per heavy atom. The van der Waals surface area contributed by atoms with E-state index in [9.17, 15) is 19.2 Å². The fourth-order valence-electron chi connectivity index (χ4n) is 1.48. The highest BCUT2D eigenvalue weighted by atomic mass is 16.6. The molecule has 0 saturated carbocycles. The number of rotatable bonds is 12. The number of allylic oxidation sites excluding steroid dienone is 1. The average Bonchev–Trinajstić information content (AvgIpc) is 2.69. The molecule has 0 aliphatic carbocycles. The van der Waals surface area contributed by atoms with E-state index < -0.39 is 55.7 Å². The Morgan fingerprint density at radius 2 is 1.07 bits per heavy atom. The summed E-state index contributed by atoms with van der Waals surface area (Å²) in [5.74, 6) is -3.25. The van der Waals surface area contributed by atoms with E-state index in [1.807, 2.05) is 0 Å². The number of hydrogen-bond acceptors (Lipinski definition) is 9. The predicted octanol–water partition coefficient (Wildman–Crippen LogP) is 0.783. The molecule has 0 aromatic carbocycles. The summed E-state index contributed by atoms with van der Waals surface area (Å²) >= 11 is 0. The lowest BCUT2D eigenvalue weighted by Gasteiger charge is -2.31. The van der Waals surface area contributed by atoms with Crippen LogP contribution in [0.1, 0.15) is 0 Å². The fraction of sp³-hybridized carbons (Fsp3) is 0.278. The van der Waals surface area contributed by atoms with Crippen molar-refractivity contribution in [1.82, 2.24) is 0 Å². The largest absolute Gasteiger partial charge is 0.462 e. The summed E-state index contributed by atoms with van der Waals surface area (Å²) in [6.07, 6.45) is 4.47. The van der Waals surface area contributed by atoms with Crippen LogP contribution in [0.25, 0.3) is 0 Å². The van der Waals surface area contributed by atoms with E-state index in [0.717, 1.165) is 30.4 Å². The molecule has 0 aromatic rings. The molecule has 0 aromatic heterocycles. The van der Waals surface area contributed by atoms with Gasteiger partial charge in [-0.1, -0.05) is 19.7 Å². The Labute approximate surface area is 156 Å². The van der Waals surface area contributed by atoms with Gasteiger partial charge in [-0.05, 0) is 0 Å². The molecule has 0 spiro atoms. The van der Waals surface area contributed by atoms with Gasteiger partial charge in [0.15, 0.2) is 0 Å². The minimum Gasteiger partial charge on any atom is -0.462 e. The van der Waals surface area contributed by atoms with E-state index in [2.05, 4.69) is 19.7 Å². The number of hydrogen-bond donors (Lipinski definition) is 0. The van der Waals surface area contributed by atoms with Crippen LogP contribution in [0.4, 0.5) is 0 Å². The standard InChI is InChI=1S/C18H19NO8/c1-4-14(20)24-10-18(11-25-15(21)5-2,12-26-16(22)6-3)13-27-17(23)8-7-9-19/h4-8H,1-3,10-13H2/b8-7+. The summed E-state index contributed by atoms with van der Waals surface area (Å²) < 4.78 is 19.8. The third kappa shape index (κ3) is 10.0. The maximum absolute atomic E-state index is 11.6. The molecule has 27 heavy (non-hydrogen) atoms. The fourth-order valence-corrected chi connectivity index (χ4v) is 1.48. The molecule has 0 amide bonds. The Bertz CT molecular complexity index is 612. The van der Waals surface area contributed by atoms with E-state index in [1.54, 1.807) is 6.07 Å². The SMILES string of the molecule is C=CC(=O)OCC(COC(=O)C=C)(COC(=O)C=C)COC(=O)/C=C/C#N. The third-order valence-corrected chi connectivity index (χ3v) is 2.88. The lowest BCUT2D eigenvalue weighted by molar-refractivity contribution is -0.164. The molecule has 9 nitrogen and oxygen atoms in total. The average molecular weight is 377 g/mol. The second-order valence-corrected chi connectivity index (χ2v) is 5.01. The lowest BCUT2D eigenvalue weighted by atomic mass is 9.92. The van der Waals surface area contributed by atoms with Crippen LogP contribution in [0, 0.1) is 16.7 Å². The molecular weight excluding hydrogens is 358 g/mol. The van der Waals surface area contributed by atoms with Crippen LogP contribution in [0.5, 0.6) is 0 Å². The third-order valence-electron chi connectivity index (χ3n) is 2.88. The van der Waals surface area contributed by atoms with Crippen LogP contribution >= 0.6 is 0 Å². The number of nitriles is 1. The highest BCUT2D eigenvalue weighted by Crippen LogP contribution is 2.21. The van der Waals surface area contributed by atoms with E-state index in [1.165, 1.54) is 0 Å². The first-order valence-corrected chi connectivity index (χ1v) is 7.43. The second-order valence-electron chi connectivity index (χ2n) is 5.01. The van der Waals surface area contributed by atoms with Crippen molar-refractivity contribution in [2.45, 2.75) is 0 Å². The van der Waals surface area contributed by atoms with Crippen molar-refractivity contribution in [2.24, 2.45) is 5.41 Å². The number of ether oxygens (including phenoxy) is 4. The molecule has 0 bridgehead atoms. The Balaban J connectivity index is 5.45. The van der Waals surface area contributed by atoms with Crippen LogP contribution in [0.15, 0.2) is 50.1 Å². The van der Waals surface area contributed by atoms with Crippen molar-refractivity contribution >= 4 is 23.9 Å². The van der Waals surface area contributed by atoms with Crippen molar-refractivity contribution in [1.29, 1.82) is 5.26 Å². The first-order chi connectivity index (χ1) is 12.8. The molecule has 0 fully saturated rings. The number of carbonyl (C=O) groups excluding carboxylic acids is 4. The second kappa shape index (κ2) is 12.7. The van der Waals surface area contributed by atoms with Gasteiger partial charge in [0.2, 0.25) is 0 Å². The Kier molecular flexibility index (Phi) is 10.9. The highest BCUT2D eigenvalue weighted by molar-refractivity contribution is 5.83. The molecule has 9 heteroatoms. The number of carbonyl (C=O) groups is 4. The molecule has 0 heterocycles. The molecule has 0 saturated heterocycles. The molecule has 0 rings (SSSR count). The quantitative estimate of drug-likeness (QED) is 0.210. The van der Waals surface area contributed by atoms with Crippen molar-refractivity contribution < 1.29 is 38.1 Å². The zero-order chi connectivity index (χ0) is 20.7. The van der Waals surface area contributed by atoms with E-state index in [-0.39, 0.29) is 0 Å². The maximum Gasteiger partial charge on any atom is 0.331 e. The van der Waals surface area contributed by atoms with E-state index >= 15 is 0 Å². The summed E-state index contributed by atoms with van der Waals surface area (Å²) in [7, 11) is 0. The first-order valence-electron chi connectivity index (χ1n) is 7.43. The van der Waals surface area contributed by atoms with Crippen LogP contribution in [0.3, 0.4) is 0 Å². The summed E-state index contributed by atoms with van der Waals surface area (Å²) in [5.41, 5.74) is -1.41. The normalized spacial score (nSPS) is 10.2. The van der Waals surface area contributed by atoms with Crippen LogP contribution in [0.2, 0.25) is 0 Å². The van der Waals surface area contributed by atoms with Gasteiger partial charge in [0.25, 0.3) is 0 Å². The number of nitrogens with zero attached hydrogens (tertiary/aromatic N) is 1. The lowest BCUT2D eigenvalue weighted by Crippen LogP contribution is -2.43. The zero-order valence-electron chi connectivity index (χ0n) is 14.5. The summed E-state index contributed by atoms with van der Waals surface area (Å²) in [6, 6.07) is 1.62. The predicted molar refractivity (Wildman–Crippen MR) is 91.6 cm³/mol. The van der Waals surface area contributed by atoms with Crippen molar-refractivity contribution in [3.8, 4) is 6.07 Å². The Hall–Kier alpha value is -3.67. The van der Waals surface area contributed by atoms with Crippen molar-refractivity contribution in [3.05, 3.63) is 50.1 Å². The molecular formula is C18H19NO8. The van der Waals surface area contributed by atoms with Gasteiger partial charge in [0, 0.05) is 30.4 Å². The van der Waals surface area contributed by atoms with Crippen molar-refractivity contribution in [3.63, 3.8) is 0 Å². The first kappa shape index (κ1) is 23.3. The summed E-state index contributed by atoms with van der Waals surface area (Å²) in [5, 5.41) is 8.42. The molecule has 0 radical (unpaired) electrons. The maximum atomic E-state index is 11.6. The summed E-state index contributed by atoms with van der Waals surface area (Å²) in [4.78, 5) is 45.8. The molecule has 0 aliphatic heterocycles. The van der Waals surface area contributed by atoms with Gasteiger partial charge in [0.05, 0.1) is 6.07 Å².